The van der Waals surface area contributed by atoms with Crippen molar-refractivity contribution in [2.75, 3.05) is 20.2 Å². The molecule has 1 aromatic heterocycles. The van der Waals surface area contributed by atoms with E-state index in [0.29, 0.717) is 0 Å². The lowest BCUT2D eigenvalue weighted by molar-refractivity contribution is -0.142. The predicted octanol–water partition coefficient (Wildman–Crippen LogP) is 2.99. The van der Waals surface area contributed by atoms with Crippen LogP contribution in [0.2, 0.25) is 0 Å². The van der Waals surface area contributed by atoms with Gasteiger partial charge in [0.15, 0.2) is 5.78 Å². The molecule has 0 atom stereocenters. The first kappa shape index (κ1) is 18.5. The number of fused-ring (bicyclic) bond motifs is 1. The van der Waals surface area contributed by atoms with Crippen molar-refractivity contribution < 1.29 is 14.3 Å². The Morgan fingerprint density at radius 2 is 2.00 bits per heavy atom. The number of hydrogen-bond donors (Lipinski definition) is 0. The van der Waals surface area contributed by atoms with Crippen molar-refractivity contribution in [1.29, 1.82) is 0 Å². The van der Waals surface area contributed by atoms with Crippen LogP contribution in [0, 0.1) is 6.92 Å². The Labute approximate surface area is 146 Å². The molecule has 0 fully saturated rings. The number of Topliss-reactive ketones (excluding diaryl/α,β-unsaturated/α-hetero) is 1. The van der Waals surface area contributed by atoms with E-state index >= 15 is 0 Å². The zero-order chi connectivity index (χ0) is 17.9. The fourth-order valence-electron chi connectivity index (χ4n) is 2.12. The number of carbonyl (C=O) groups excluding carboxylic acids is 2. The molecule has 24 heavy (non-hydrogen) atoms. The highest BCUT2D eigenvalue weighted by atomic mass is 32.1. The molecule has 0 spiro atoms. The minimum absolute atomic E-state index is 0.0201. The number of hydrogen-bond acceptors (Lipinski definition) is 5. The summed E-state index contributed by atoms with van der Waals surface area (Å²) in [6.45, 7) is 7.75. The summed E-state index contributed by atoms with van der Waals surface area (Å²) in [6, 6.07) is 6.05. The number of rotatable bonds is 6. The van der Waals surface area contributed by atoms with Gasteiger partial charge in [-0.05, 0) is 45.4 Å². The van der Waals surface area contributed by atoms with Gasteiger partial charge in [-0.25, -0.2) is 4.98 Å². The van der Waals surface area contributed by atoms with Crippen LogP contribution in [0.1, 0.15) is 31.3 Å². The predicted molar refractivity (Wildman–Crippen MR) is 96.4 cm³/mol. The van der Waals surface area contributed by atoms with Crippen molar-refractivity contribution in [3.8, 4) is 0 Å². The Bertz CT molecular complexity index is 746. The van der Waals surface area contributed by atoms with Gasteiger partial charge in [-0.1, -0.05) is 6.07 Å². The highest BCUT2D eigenvalue weighted by Crippen LogP contribution is 2.23. The molecule has 0 bridgehead atoms. The molecule has 0 saturated heterocycles. The number of ketones is 1. The first-order valence-electron chi connectivity index (χ1n) is 7.90. The van der Waals surface area contributed by atoms with Gasteiger partial charge in [0.1, 0.15) is 11.6 Å². The fourth-order valence-corrected chi connectivity index (χ4v) is 3.21. The second-order valence-electron chi connectivity index (χ2n) is 6.95. The number of nitrogens with zero attached hydrogens (tertiary/aromatic N) is 2. The van der Waals surface area contributed by atoms with Crippen LogP contribution in [-0.2, 0) is 20.7 Å². The minimum atomic E-state index is -0.375. The summed E-state index contributed by atoms with van der Waals surface area (Å²) < 4.78 is 6.53. The Morgan fingerprint density at radius 3 is 2.67 bits per heavy atom. The van der Waals surface area contributed by atoms with E-state index in [0.717, 1.165) is 15.2 Å². The maximum absolute atomic E-state index is 12.2. The second kappa shape index (κ2) is 7.40. The van der Waals surface area contributed by atoms with Crippen LogP contribution in [0.4, 0.5) is 0 Å². The largest absolute Gasteiger partial charge is 0.366 e. The lowest BCUT2D eigenvalue weighted by Crippen LogP contribution is -2.37. The number of benzene rings is 1. The number of amides is 1. The van der Waals surface area contributed by atoms with Gasteiger partial charge in [0.25, 0.3) is 0 Å². The standard InChI is InChI=1S/C18H24N2O3S/c1-12-6-7-14-15(8-12)24-16(19-14)9-13(21)10-20(5)17(22)11-23-18(2,3)4/h6-8H,9-11H2,1-5H3. The molecule has 2 rings (SSSR count). The third-order valence-electron chi connectivity index (χ3n) is 3.40. The molecular weight excluding hydrogens is 324 g/mol. The molecular formula is C18H24N2O3S. The molecule has 130 valence electrons. The zero-order valence-corrected chi connectivity index (χ0v) is 15.7. The lowest BCUT2D eigenvalue weighted by atomic mass is 10.2. The molecule has 0 aliphatic heterocycles. The number of aromatic nitrogens is 1. The Kier molecular flexibility index (Phi) is 5.72. The van der Waals surface area contributed by atoms with E-state index in [1.165, 1.54) is 21.8 Å². The molecule has 1 heterocycles. The van der Waals surface area contributed by atoms with Crippen molar-refractivity contribution in [2.24, 2.45) is 0 Å². The summed E-state index contributed by atoms with van der Waals surface area (Å²) in [7, 11) is 1.62. The van der Waals surface area contributed by atoms with Gasteiger partial charge >= 0.3 is 0 Å². The number of likely N-dealkylation sites (N-methyl/N-ethyl adjacent to an activating group) is 1. The first-order valence-corrected chi connectivity index (χ1v) is 8.71. The van der Waals surface area contributed by atoms with Crippen LogP contribution in [0.3, 0.4) is 0 Å². The molecule has 0 unspecified atom stereocenters. The van der Waals surface area contributed by atoms with Crippen molar-refractivity contribution in [3.05, 3.63) is 28.8 Å². The Hall–Kier alpha value is -1.79. The monoisotopic (exact) mass is 348 g/mol. The smallest absolute Gasteiger partial charge is 0.248 e. The quantitative estimate of drug-likeness (QED) is 0.805. The number of thiazole rings is 1. The minimum Gasteiger partial charge on any atom is -0.366 e. The van der Waals surface area contributed by atoms with Crippen LogP contribution in [-0.4, -0.2) is 47.4 Å². The molecule has 1 aromatic carbocycles. The van der Waals surface area contributed by atoms with Crippen molar-refractivity contribution >= 4 is 33.2 Å². The van der Waals surface area contributed by atoms with Gasteiger partial charge in [0.05, 0.1) is 28.8 Å². The number of carbonyl (C=O) groups is 2. The molecule has 2 aromatic rings. The van der Waals surface area contributed by atoms with Crippen LogP contribution >= 0.6 is 11.3 Å². The zero-order valence-electron chi connectivity index (χ0n) is 14.9. The van der Waals surface area contributed by atoms with Gasteiger partial charge in [-0.2, -0.15) is 0 Å². The SMILES string of the molecule is Cc1ccc2nc(CC(=O)CN(C)C(=O)COC(C)(C)C)sc2c1. The lowest BCUT2D eigenvalue weighted by Gasteiger charge is -2.22. The van der Waals surface area contributed by atoms with Crippen LogP contribution in [0.15, 0.2) is 18.2 Å². The van der Waals surface area contributed by atoms with Gasteiger partial charge < -0.3 is 9.64 Å². The summed E-state index contributed by atoms with van der Waals surface area (Å²) in [5.74, 6) is -0.226. The Morgan fingerprint density at radius 1 is 1.29 bits per heavy atom. The van der Waals surface area contributed by atoms with Crippen LogP contribution in [0.25, 0.3) is 10.2 Å². The maximum Gasteiger partial charge on any atom is 0.248 e. The van der Waals surface area contributed by atoms with Gasteiger partial charge in [0.2, 0.25) is 5.91 Å². The molecule has 0 radical (unpaired) electrons. The third-order valence-corrected chi connectivity index (χ3v) is 4.42. The first-order chi connectivity index (χ1) is 11.1. The van der Waals surface area contributed by atoms with E-state index in [-0.39, 0.29) is 36.9 Å². The average Bonchev–Trinajstić information content (AvgIpc) is 2.84. The van der Waals surface area contributed by atoms with Gasteiger partial charge in [-0.3, -0.25) is 9.59 Å². The van der Waals surface area contributed by atoms with E-state index in [4.69, 9.17) is 4.74 Å². The number of aryl methyl sites for hydroxylation is 1. The topological polar surface area (TPSA) is 59.5 Å². The fraction of sp³-hybridized carbons (Fsp3) is 0.500. The molecule has 0 saturated carbocycles. The molecule has 0 aliphatic rings. The van der Waals surface area contributed by atoms with Crippen LogP contribution in [0.5, 0.6) is 0 Å². The van der Waals surface area contributed by atoms with E-state index in [9.17, 15) is 9.59 Å². The average molecular weight is 348 g/mol. The molecule has 6 heteroatoms. The van der Waals surface area contributed by atoms with E-state index in [1.54, 1.807) is 7.05 Å². The highest BCUT2D eigenvalue weighted by Gasteiger charge is 2.18. The molecule has 0 aliphatic carbocycles. The maximum atomic E-state index is 12.2. The summed E-state index contributed by atoms with van der Waals surface area (Å²) in [6.07, 6.45) is 0.246. The van der Waals surface area contributed by atoms with Crippen molar-refractivity contribution in [1.82, 2.24) is 9.88 Å². The van der Waals surface area contributed by atoms with Crippen molar-refractivity contribution in [3.63, 3.8) is 0 Å². The normalized spacial score (nSPS) is 11.7. The summed E-state index contributed by atoms with van der Waals surface area (Å²) in [4.78, 5) is 30.1. The highest BCUT2D eigenvalue weighted by molar-refractivity contribution is 7.18. The molecule has 5 nitrogen and oxygen atoms in total. The molecule has 0 N–H and O–H groups in total. The van der Waals surface area contributed by atoms with E-state index in [1.807, 2.05) is 39.8 Å². The van der Waals surface area contributed by atoms with E-state index < -0.39 is 0 Å². The van der Waals surface area contributed by atoms with Gasteiger partial charge in [-0.15, -0.1) is 11.3 Å². The summed E-state index contributed by atoms with van der Waals surface area (Å²) in [5.41, 5.74) is 1.71. The summed E-state index contributed by atoms with van der Waals surface area (Å²) in [5, 5.41) is 0.785. The second-order valence-corrected chi connectivity index (χ2v) is 8.06. The summed E-state index contributed by atoms with van der Waals surface area (Å²) >= 11 is 1.53. The van der Waals surface area contributed by atoms with E-state index in [2.05, 4.69) is 11.1 Å². The van der Waals surface area contributed by atoms with Crippen molar-refractivity contribution in [2.45, 2.75) is 39.7 Å². The number of ether oxygens (including phenoxy) is 1. The third kappa shape index (κ3) is 5.39. The Balaban J connectivity index is 1.90. The van der Waals surface area contributed by atoms with Crippen LogP contribution < -0.4 is 0 Å². The van der Waals surface area contributed by atoms with Gasteiger partial charge in [0, 0.05) is 7.05 Å². The molecule has 1 amide bonds.